The Labute approximate surface area is 391 Å². The van der Waals surface area contributed by atoms with Gasteiger partial charge in [-0.1, -0.05) is 242 Å². The highest BCUT2D eigenvalue weighted by molar-refractivity contribution is 5.13. The van der Waals surface area contributed by atoms with Crippen molar-refractivity contribution < 1.29 is 4.48 Å². The Balaban J connectivity index is 2.53. The Kier molecular flexibility index (Phi) is 46.0. The Bertz CT molecular complexity index is 964. The van der Waals surface area contributed by atoms with Crippen LogP contribution in [0.3, 0.4) is 0 Å². The number of benzene rings is 1. The number of unbranched alkanes of at least 4 members (excludes halogenated alkanes) is 36. The lowest BCUT2D eigenvalue weighted by Crippen LogP contribution is -2.49. The predicted molar refractivity (Wildman–Crippen MR) is 283 cm³/mol. The Morgan fingerprint density at radius 2 is 0.500 bits per heavy atom. The van der Waals surface area contributed by atoms with Gasteiger partial charge in [-0.3, -0.25) is 0 Å². The van der Waals surface area contributed by atoms with Crippen LogP contribution in [-0.2, 0) is 6.54 Å². The average Bonchev–Trinajstić information content (AvgIpc) is 3.29. The molecule has 0 bridgehead atoms. The number of nitrogens with zero attached hydrogens (tertiary/aromatic N) is 1. The molecule has 360 valence electrons. The van der Waals surface area contributed by atoms with Gasteiger partial charge < -0.3 is 4.48 Å². The molecule has 0 fully saturated rings. The first kappa shape index (κ1) is 58.4. The summed E-state index contributed by atoms with van der Waals surface area (Å²) in [5, 5.41) is 0. The number of rotatable bonds is 50. The second-order valence-corrected chi connectivity index (χ2v) is 20.0. The van der Waals surface area contributed by atoms with Crippen molar-refractivity contribution in [3.63, 3.8) is 0 Å². The van der Waals surface area contributed by atoms with Crippen molar-refractivity contribution in [1.82, 2.24) is 0 Å². The van der Waals surface area contributed by atoms with Crippen LogP contribution in [-0.4, -0.2) is 24.1 Å². The van der Waals surface area contributed by atoms with Gasteiger partial charge in [0, 0.05) is 5.56 Å². The van der Waals surface area contributed by atoms with Crippen molar-refractivity contribution in [3.8, 4) is 0 Å². The zero-order valence-corrected chi connectivity index (χ0v) is 42.8. The molecule has 0 N–H and O–H groups in total. The number of hydrogen-bond donors (Lipinski definition) is 0. The molecule has 0 aliphatic rings. The summed E-state index contributed by atoms with van der Waals surface area (Å²) in [4.78, 5) is 0. The van der Waals surface area contributed by atoms with E-state index in [9.17, 15) is 0 Å². The first-order valence-electron chi connectivity index (χ1n) is 28.6. The van der Waals surface area contributed by atoms with Crippen molar-refractivity contribution in [2.24, 2.45) is 0 Å². The molecule has 0 aromatic heterocycles. The topological polar surface area (TPSA) is 0 Å². The van der Waals surface area contributed by atoms with Crippen LogP contribution in [0.2, 0.25) is 0 Å². The fraction of sp³-hybridized carbons (Fsp3) is 0.803. The van der Waals surface area contributed by atoms with E-state index in [1.807, 2.05) is 0 Å². The van der Waals surface area contributed by atoms with E-state index in [4.69, 9.17) is 0 Å². The highest BCUT2D eigenvalue weighted by atomic mass is 15.3. The molecule has 1 aromatic carbocycles. The molecule has 0 saturated heterocycles. The van der Waals surface area contributed by atoms with Crippen molar-refractivity contribution >= 4 is 0 Å². The van der Waals surface area contributed by atoms with E-state index in [0.29, 0.717) is 0 Å². The highest BCUT2D eigenvalue weighted by Gasteiger charge is 2.26. The Hall–Kier alpha value is -1.60. The molecule has 1 nitrogen and oxygen atoms in total. The molecular formula is C61H112N+. The normalized spacial score (nSPS) is 12.3. The Morgan fingerprint density at radius 1 is 0.274 bits per heavy atom. The summed E-state index contributed by atoms with van der Waals surface area (Å²) < 4.78 is 1.32. The van der Waals surface area contributed by atoms with Crippen molar-refractivity contribution in [2.75, 3.05) is 19.6 Å². The average molecular weight is 860 g/mol. The zero-order valence-electron chi connectivity index (χ0n) is 42.8. The van der Waals surface area contributed by atoms with Crippen LogP contribution in [0.1, 0.15) is 296 Å². The van der Waals surface area contributed by atoms with Gasteiger partial charge in [-0.15, -0.1) is 0 Å². The summed E-state index contributed by atoms with van der Waals surface area (Å²) in [7, 11) is 0. The SMILES string of the molecule is CCCCCCCCCC/C=C/CCCCCC[N+](CCCCCC/C=C/CCCCCCCCCC)(CCCCCC/C=C/CCCCCCCCCC)Cc1ccccc1. The quantitative estimate of drug-likeness (QED) is 0.0348. The van der Waals surface area contributed by atoms with Crippen molar-refractivity contribution in [3.05, 3.63) is 72.4 Å². The number of allylic oxidation sites excluding steroid dienone is 6. The van der Waals surface area contributed by atoms with Crippen LogP contribution >= 0.6 is 0 Å². The first-order valence-corrected chi connectivity index (χ1v) is 28.6. The summed E-state index contributed by atoms with van der Waals surface area (Å²) >= 11 is 0. The second kappa shape index (κ2) is 48.8. The van der Waals surface area contributed by atoms with Crippen molar-refractivity contribution in [2.45, 2.75) is 297 Å². The number of quaternary nitrogens is 1. The summed E-state index contributed by atoms with van der Waals surface area (Å²) in [5.74, 6) is 0. The number of hydrogen-bond acceptors (Lipinski definition) is 0. The molecule has 0 aliphatic heterocycles. The molecule has 0 amide bonds. The van der Waals surface area contributed by atoms with Crippen LogP contribution in [0.4, 0.5) is 0 Å². The summed E-state index contributed by atoms with van der Waals surface area (Å²) in [5.41, 5.74) is 1.55. The summed E-state index contributed by atoms with van der Waals surface area (Å²) in [6, 6.07) is 11.6. The van der Waals surface area contributed by atoms with Gasteiger partial charge in [-0.05, 0) is 116 Å². The maximum Gasteiger partial charge on any atom is 0.104 e. The van der Waals surface area contributed by atoms with E-state index >= 15 is 0 Å². The molecule has 0 spiro atoms. The van der Waals surface area contributed by atoms with Gasteiger partial charge >= 0.3 is 0 Å². The standard InChI is InChI=1S/C61H112N/c1-4-7-10-13-16-19-22-25-28-31-34-37-40-43-46-52-57-62(60-61-55-50-49-51-56-61,58-53-47-44-41-38-35-32-29-26-23-20-17-14-11-8-5-2)59-54-48-45-42-39-36-33-30-27-24-21-18-15-12-9-6-3/h31-36,49-51,55-56H,4-30,37-48,52-54,57-60H2,1-3H3/q+1/b34-31+,35-32+,36-33+. The van der Waals surface area contributed by atoms with E-state index in [-0.39, 0.29) is 0 Å². The third kappa shape index (κ3) is 41.1. The van der Waals surface area contributed by atoms with Crippen LogP contribution in [0.25, 0.3) is 0 Å². The molecule has 1 heteroatoms. The molecule has 0 radical (unpaired) electrons. The third-order valence-corrected chi connectivity index (χ3v) is 13.8. The molecule has 0 saturated carbocycles. The molecule has 0 aliphatic carbocycles. The summed E-state index contributed by atoms with van der Waals surface area (Å²) in [6.45, 7) is 12.3. The predicted octanol–water partition coefficient (Wildman–Crippen LogP) is 21.1. The van der Waals surface area contributed by atoms with Crippen LogP contribution < -0.4 is 0 Å². The minimum Gasteiger partial charge on any atom is -0.320 e. The zero-order chi connectivity index (χ0) is 44.4. The van der Waals surface area contributed by atoms with Gasteiger partial charge in [0.1, 0.15) is 6.54 Å². The smallest absolute Gasteiger partial charge is 0.104 e. The van der Waals surface area contributed by atoms with Gasteiger partial charge in [0.25, 0.3) is 0 Å². The fourth-order valence-corrected chi connectivity index (χ4v) is 9.63. The lowest BCUT2D eigenvalue weighted by Gasteiger charge is -2.39. The van der Waals surface area contributed by atoms with Gasteiger partial charge in [0.05, 0.1) is 19.6 Å². The fourth-order valence-electron chi connectivity index (χ4n) is 9.63. The van der Waals surface area contributed by atoms with Crippen LogP contribution in [0.5, 0.6) is 0 Å². The largest absolute Gasteiger partial charge is 0.320 e. The minimum absolute atomic E-state index is 1.23. The van der Waals surface area contributed by atoms with Gasteiger partial charge in [0.2, 0.25) is 0 Å². The maximum absolute atomic E-state index is 2.50. The van der Waals surface area contributed by atoms with E-state index in [2.05, 4.69) is 87.6 Å². The first-order chi connectivity index (χ1) is 30.8. The lowest BCUT2D eigenvalue weighted by atomic mass is 10.0. The molecule has 0 unspecified atom stereocenters. The third-order valence-electron chi connectivity index (χ3n) is 13.8. The van der Waals surface area contributed by atoms with Gasteiger partial charge in [-0.2, -0.15) is 0 Å². The van der Waals surface area contributed by atoms with E-state index in [1.165, 1.54) is 300 Å². The molecular weight excluding hydrogens is 747 g/mol. The van der Waals surface area contributed by atoms with E-state index < -0.39 is 0 Å². The maximum atomic E-state index is 2.50. The van der Waals surface area contributed by atoms with Crippen molar-refractivity contribution in [1.29, 1.82) is 0 Å². The molecule has 1 rings (SSSR count). The second-order valence-electron chi connectivity index (χ2n) is 20.0. The van der Waals surface area contributed by atoms with Gasteiger partial charge in [-0.25, -0.2) is 0 Å². The molecule has 0 heterocycles. The van der Waals surface area contributed by atoms with E-state index in [0.717, 1.165) is 0 Å². The monoisotopic (exact) mass is 859 g/mol. The van der Waals surface area contributed by atoms with Crippen LogP contribution in [0, 0.1) is 0 Å². The lowest BCUT2D eigenvalue weighted by molar-refractivity contribution is -0.941. The molecule has 0 atom stereocenters. The minimum atomic E-state index is 1.23. The molecule has 1 aromatic rings. The summed E-state index contributed by atoms with van der Waals surface area (Å²) in [6.07, 6.45) is 73.5. The molecule has 62 heavy (non-hydrogen) atoms. The Morgan fingerprint density at radius 3 is 0.758 bits per heavy atom. The highest BCUT2D eigenvalue weighted by Crippen LogP contribution is 2.23. The van der Waals surface area contributed by atoms with E-state index in [1.54, 1.807) is 5.56 Å². The van der Waals surface area contributed by atoms with Gasteiger partial charge in [0.15, 0.2) is 0 Å². The van der Waals surface area contributed by atoms with Crippen LogP contribution in [0.15, 0.2) is 66.8 Å².